The summed E-state index contributed by atoms with van der Waals surface area (Å²) >= 11 is 0. The SMILES string of the molecule is [B]c1coc(/C=C\C(C)Cc2ccccc2)c1CC. The summed E-state index contributed by atoms with van der Waals surface area (Å²) in [5.74, 6) is 1.36. The Bertz CT molecular complexity index is 540. The maximum Gasteiger partial charge on any atom is 0.128 e. The largest absolute Gasteiger partial charge is 0.465 e. The van der Waals surface area contributed by atoms with E-state index in [9.17, 15) is 0 Å². The smallest absolute Gasteiger partial charge is 0.128 e. The van der Waals surface area contributed by atoms with Crippen molar-refractivity contribution in [3.8, 4) is 0 Å². The third kappa shape index (κ3) is 3.63. The molecule has 1 nitrogen and oxygen atoms in total. The van der Waals surface area contributed by atoms with E-state index in [4.69, 9.17) is 12.3 Å². The lowest BCUT2D eigenvalue weighted by Gasteiger charge is -2.06. The topological polar surface area (TPSA) is 13.1 Å². The van der Waals surface area contributed by atoms with E-state index in [2.05, 4.69) is 44.2 Å². The molecule has 0 amide bonds. The molecule has 0 spiro atoms. The average Bonchev–Trinajstić information content (AvgIpc) is 2.78. The van der Waals surface area contributed by atoms with Gasteiger partial charge in [0.2, 0.25) is 0 Å². The molecule has 0 aliphatic carbocycles. The molecule has 0 N–H and O–H groups in total. The first-order valence-corrected chi connectivity index (χ1v) is 6.78. The molecule has 2 rings (SSSR count). The Morgan fingerprint density at radius 2 is 2.00 bits per heavy atom. The Morgan fingerprint density at radius 3 is 2.68 bits per heavy atom. The Labute approximate surface area is 116 Å². The summed E-state index contributed by atoms with van der Waals surface area (Å²) in [6.45, 7) is 4.30. The Kier molecular flexibility index (Phi) is 4.67. The van der Waals surface area contributed by atoms with Crippen LogP contribution in [0.2, 0.25) is 0 Å². The highest BCUT2D eigenvalue weighted by molar-refractivity contribution is 6.33. The molecule has 2 aromatic rings. The van der Waals surface area contributed by atoms with E-state index < -0.39 is 0 Å². The van der Waals surface area contributed by atoms with Gasteiger partial charge in [-0.2, -0.15) is 0 Å². The van der Waals surface area contributed by atoms with E-state index in [-0.39, 0.29) is 0 Å². The predicted octanol–water partition coefficient (Wildman–Crippen LogP) is 3.53. The van der Waals surface area contributed by atoms with Crippen LogP contribution in [0.5, 0.6) is 0 Å². The van der Waals surface area contributed by atoms with Gasteiger partial charge in [-0.3, -0.25) is 0 Å². The second-order valence-electron chi connectivity index (χ2n) is 4.91. The molecule has 1 aromatic heterocycles. The summed E-state index contributed by atoms with van der Waals surface area (Å²) in [5, 5.41) is 0. The van der Waals surface area contributed by atoms with E-state index in [0.29, 0.717) is 5.92 Å². The highest BCUT2D eigenvalue weighted by atomic mass is 16.3. The van der Waals surface area contributed by atoms with Crippen molar-refractivity contribution in [2.24, 2.45) is 5.92 Å². The minimum absolute atomic E-state index is 0.471. The van der Waals surface area contributed by atoms with Crippen molar-refractivity contribution < 1.29 is 4.42 Å². The molecular formula is C17H19BO. The summed E-state index contributed by atoms with van der Waals surface area (Å²) in [5.41, 5.74) is 3.20. The van der Waals surface area contributed by atoms with E-state index in [1.807, 2.05) is 12.1 Å². The number of rotatable bonds is 5. The van der Waals surface area contributed by atoms with E-state index >= 15 is 0 Å². The van der Waals surface area contributed by atoms with Crippen molar-refractivity contribution in [1.82, 2.24) is 0 Å². The average molecular weight is 250 g/mol. The van der Waals surface area contributed by atoms with Crippen LogP contribution >= 0.6 is 0 Å². The molecule has 1 unspecified atom stereocenters. The fraction of sp³-hybridized carbons (Fsp3) is 0.294. The van der Waals surface area contributed by atoms with Gasteiger partial charge in [0.1, 0.15) is 13.6 Å². The minimum Gasteiger partial charge on any atom is -0.465 e. The van der Waals surface area contributed by atoms with Crippen LogP contribution in [0.15, 0.2) is 47.1 Å². The lowest BCUT2D eigenvalue weighted by molar-refractivity contribution is 0.554. The molecule has 0 saturated carbocycles. The third-order valence-corrected chi connectivity index (χ3v) is 3.29. The monoisotopic (exact) mass is 250 g/mol. The Hall–Kier alpha value is -1.70. The Balaban J connectivity index is 2.02. The summed E-state index contributed by atoms with van der Waals surface area (Å²) in [6.07, 6.45) is 7.79. The highest BCUT2D eigenvalue weighted by Gasteiger charge is 2.06. The molecule has 0 bridgehead atoms. The summed E-state index contributed by atoms with van der Waals surface area (Å²) in [6, 6.07) is 10.5. The molecule has 2 radical (unpaired) electrons. The van der Waals surface area contributed by atoms with Crippen LogP contribution in [0, 0.1) is 5.92 Å². The molecule has 1 aromatic carbocycles. The molecule has 1 atom stereocenters. The molecular weight excluding hydrogens is 231 g/mol. The van der Waals surface area contributed by atoms with Crippen molar-refractivity contribution >= 4 is 19.4 Å². The molecule has 1 heterocycles. The first-order valence-electron chi connectivity index (χ1n) is 6.78. The first kappa shape index (κ1) is 13.7. The van der Waals surface area contributed by atoms with Gasteiger partial charge in [0.05, 0.1) is 6.26 Å². The van der Waals surface area contributed by atoms with Crippen molar-refractivity contribution in [1.29, 1.82) is 0 Å². The number of allylic oxidation sites excluding steroid dienone is 1. The summed E-state index contributed by atoms with van der Waals surface area (Å²) in [4.78, 5) is 0. The highest BCUT2D eigenvalue weighted by Crippen LogP contribution is 2.14. The van der Waals surface area contributed by atoms with E-state index in [0.717, 1.165) is 29.6 Å². The number of furan rings is 1. The number of benzene rings is 1. The van der Waals surface area contributed by atoms with Crippen molar-refractivity contribution in [2.45, 2.75) is 26.7 Å². The fourth-order valence-electron chi connectivity index (χ4n) is 2.24. The van der Waals surface area contributed by atoms with Crippen LogP contribution in [-0.4, -0.2) is 7.85 Å². The summed E-state index contributed by atoms with van der Waals surface area (Å²) in [7, 11) is 5.85. The van der Waals surface area contributed by atoms with Gasteiger partial charge in [-0.05, 0) is 36.0 Å². The second-order valence-corrected chi connectivity index (χ2v) is 4.91. The van der Waals surface area contributed by atoms with Crippen LogP contribution in [0.4, 0.5) is 0 Å². The number of hydrogen-bond acceptors (Lipinski definition) is 1. The zero-order chi connectivity index (χ0) is 13.7. The third-order valence-electron chi connectivity index (χ3n) is 3.29. The quantitative estimate of drug-likeness (QED) is 0.740. The van der Waals surface area contributed by atoms with Crippen LogP contribution in [0.3, 0.4) is 0 Å². The molecule has 0 aliphatic heterocycles. The number of hydrogen-bond donors (Lipinski definition) is 0. The molecule has 2 heteroatoms. The molecule has 0 aliphatic rings. The van der Waals surface area contributed by atoms with Gasteiger partial charge in [0.25, 0.3) is 0 Å². The van der Waals surface area contributed by atoms with Gasteiger partial charge in [-0.15, -0.1) is 0 Å². The van der Waals surface area contributed by atoms with E-state index in [1.54, 1.807) is 6.26 Å². The fourth-order valence-corrected chi connectivity index (χ4v) is 2.24. The second kappa shape index (κ2) is 6.47. The standard InChI is InChI=1S/C17H19BO/c1-3-15-16(18)12-19-17(15)10-9-13(2)11-14-7-5-4-6-8-14/h4-10,12-13H,3,11H2,1-2H3/b10-9-. The van der Waals surface area contributed by atoms with Gasteiger partial charge < -0.3 is 4.42 Å². The van der Waals surface area contributed by atoms with Gasteiger partial charge in [-0.1, -0.05) is 55.7 Å². The van der Waals surface area contributed by atoms with Gasteiger partial charge in [0, 0.05) is 0 Å². The molecule has 0 fully saturated rings. The molecule has 0 saturated heterocycles. The van der Waals surface area contributed by atoms with Crippen molar-refractivity contribution in [3.05, 3.63) is 59.6 Å². The lowest BCUT2D eigenvalue weighted by Crippen LogP contribution is -2.04. The van der Waals surface area contributed by atoms with Gasteiger partial charge >= 0.3 is 0 Å². The van der Waals surface area contributed by atoms with Crippen molar-refractivity contribution in [2.75, 3.05) is 0 Å². The first-order chi connectivity index (χ1) is 9.20. The molecule has 96 valence electrons. The zero-order valence-corrected chi connectivity index (χ0v) is 11.6. The van der Waals surface area contributed by atoms with E-state index in [1.165, 1.54) is 5.56 Å². The van der Waals surface area contributed by atoms with Crippen LogP contribution in [0.1, 0.15) is 30.7 Å². The summed E-state index contributed by atoms with van der Waals surface area (Å²) < 4.78 is 5.48. The molecule has 19 heavy (non-hydrogen) atoms. The van der Waals surface area contributed by atoms with Crippen LogP contribution < -0.4 is 5.46 Å². The maximum atomic E-state index is 5.85. The Morgan fingerprint density at radius 1 is 1.26 bits per heavy atom. The van der Waals surface area contributed by atoms with Crippen LogP contribution in [-0.2, 0) is 12.8 Å². The van der Waals surface area contributed by atoms with Crippen molar-refractivity contribution in [3.63, 3.8) is 0 Å². The van der Waals surface area contributed by atoms with Gasteiger partial charge in [-0.25, -0.2) is 0 Å². The lowest BCUT2D eigenvalue weighted by atomic mass is 9.92. The predicted molar refractivity (Wildman–Crippen MR) is 81.8 cm³/mol. The zero-order valence-electron chi connectivity index (χ0n) is 11.6. The van der Waals surface area contributed by atoms with Crippen LogP contribution in [0.25, 0.3) is 6.08 Å². The normalized spacial score (nSPS) is 12.9. The van der Waals surface area contributed by atoms with Gasteiger partial charge in [0.15, 0.2) is 0 Å². The minimum atomic E-state index is 0.471. The maximum absolute atomic E-state index is 5.85.